The molecule has 2 aromatic carbocycles. The molecule has 0 aliphatic heterocycles. The van der Waals surface area contributed by atoms with Gasteiger partial charge in [-0.25, -0.2) is 0 Å². The highest BCUT2D eigenvalue weighted by atomic mass is 16.5. The summed E-state index contributed by atoms with van der Waals surface area (Å²) >= 11 is 0. The molecule has 4 aromatic rings. The zero-order valence-electron chi connectivity index (χ0n) is 14.0. The number of para-hydroxylation sites is 1. The van der Waals surface area contributed by atoms with E-state index in [1.165, 1.54) is 6.07 Å². The van der Waals surface area contributed by atoms with Crippen molar-refractivity contribution in [2.24, 2.45) is 0 Å². The minimum atomic E-state index is -0.190. The Kier molecular flexibility index (Phi) is 4.35. The molecule has 2 heterocycles. The first-order chi connectivity index (χ1) is 12.8. The highest BCUT2D eigenvalue weighted by molar-refractivity contribution is 5.84. The second kappa shape index (κ2) is 7.11. The van der Waals surface area contributed by atoms with E-state index in [1.54, 1.807) is 6.20 Å². The average molecular weight is 343 g/mol. The molecule has 0 saturated carbocycles. The number of hydrogen-bond acceptors (Lipinski definition) is 4. The van der Waals surface area contributed by atoms with Gasteiger partial charge in [0.2, 0.25) is 0 Å². The van der Waals surface area contributed by atoms with Crippen LogP contribution in [0.2, 0.25) is 0 Å². The Morgan fingerprint density at radius 3 is 2.81 bits per heavy atom. The van der Waals surface area contributed by atoms with E-state index in [0.29, 0.717) is 18.0 Å². The predicted molar refractivity (Wildman–Crippen MR) is 103 cm³/mol. The van der Waals surface area contributed by atoms with E-state index in [9.17, 15) is 4.79 Å². The maximum Gasteiger partial charge on any atom is 0.252 e. The monoisotopic (exact) mass is 343 g/mol. The van der Waals surface area contributed by atoms with E-state index in [2.05, 4.69) is 15.3 Å². The number of nitrogens with one attached hydrogen (secondary N) is 2. The van der Waals surface area contributed by atoms with Crippen molar-refractivity contribution in [1.29, 1.82) is 0 Å². The first-order valence-corrected chi connectivity index (χ1v) is 8.31. The number of hydrogen-bond donors (Lipinski definition) is 2. The van der Waals surface area contributed by atoms with Crippen molar-refractivity contribution in [3.8, 4) is 11.5 Å². The molecule has 0 fully saturated rings. The lowest BCUT2D eigenvalue weighted by Crippen LogP contribution is -2.04. The summed E-state index contributed by atoms with van der Waals surface area (Å²) in [7, 11) is 0. The van der Waals surface area contributed by atoms with Crippen LogP contribution >= 0.6 is 0 Å². The van der Waals surface area contributed by atoms with Crippen LogP contribution in [0.1, 0.15) is 5.56 Å². The highest BCUT2D eigenvalue weighted by Crippen LogP contribution is 2.28. The molecule has 0 aliphatic carbocycles. The third-order valence-electron chi connectivity index (χ3n) is 3.99. The van der Waals surface area contributed by atoms with E-state index in [1.807, 2.05) is 66.9 Å². The van der Waals surface area contributed by atoms with Crippen molar-refractivity contribution in [2.45, 2.75) is 6.54 Å². The minimum absolute atomic E-state index is 0.190. The molecule has 26 heavy (non-hydrogen) atoms. The first-order valence-electron chi connectivity index (χ1n) is 8.31. The van der Waals surface area contributed by atoms with E-state index in [0.717, 1.165) is 22.2 Å². The molecule has 0 radical (unpaired) electrons. The van der Waals surface area contributed by atoms with Gasteiger partial charge in [0.05, 0.1) is 5.52 Å². The van der Waals surface area contributed by atoms with Gasteiger partial charge in [0.1, 0.15) is 11.5 Å². The Morgan fingerprint density at radius 2 is 1.92 bits per heavy atom. The Hall–Kier alpha value is -3.60. The van der Waals surface area contributed by atoms with Crippen LogP contribution < -0.4 is 15.6 Å². The molecule has 0 unspecified atom stereocenters. The molecule has 2 aromatic heterocycles. The molecule has 0 spiro atoms. The van der Waals surface area contributed by atoms with Gasteiger partial charge in [-0.1, -0.05) is 24.3 Å². The summed E-state index contributed by atoms with van der Waals surface area (Å²) in [5, 5.41) is 4.21. The Balaban J connectivity index is 1.57. The largest absolute Gasteiger partial charge is 0.456 e. The lowest BCUT2D eigenvalue weighted by Gasteiger charge is -2.11. The van der Waals surface area contributed by atoms with Crippen molar-refractivity contribution in [3.05, 3.63) is 95.0 Å². The highest BCUT2D eigenvalue weighted by Gasteiger charge is 2.06. The van der Waals surface area contributed by atoms with Gasteiger partial charge in [-0.15, -0.1) is 0 Å². The number of aromatic amines is 1. The molecule has 5 nitrogen and oxygen atoms in total. The molecule has 2 N–H and O–H groups in total. The molecule has 0 aliphatic rings. The van der Waals surface area contributed by atoms with E-state index >= 15 is 0 Å². The first kappa shape index (κ1) is 15.9. The fourth-order valence-corrected chi connectivity index (χ4v) is 2.76. The van der Waals surface area contributed by atoms with Gasteiger partial charge in [0.15, 0.2) is 0 Å². The van der Waals surface area contributed by atoms with Gasteiger partial charge >= 0.3 is 0 Å². The normalized spacial score (nSPS) is 10.6. The van der Waals surface area contributed by atoms with E-state index in [-0.39, 0.29) is 5.56 Å². The molecule has 0 bridgehead atoms. The summed E-state index contributed by atoms with van der Waals surface area (Å²) in [6, 6.07) is 20.6. The quantitative estimate of drug-likeness (QED) is 0.566. The second-order valence-electron chi connectivity index (χ2n) is 5.89. The van der Waals surface area contributed by atoms with Crippen LogP contribution in [0, 0.1) is 0 Å². The molecule has 0 saturated heterocycles. The number of fused-ring (bicyclic) bond motifs is 1. The number of ether oxygens (including phenoxy) is 1. The van der Waals surface area contributed by atoms with Gasteiger partial charge in [0.25, 0.3) is 5.56 Å². The lowest BCUT2D eigenvalue weighted by molar-refractivity contribution is 0.487. The lowest BCUT2D eigenvalue weighted by atomic mass is 10.2. The summed E-state index contributed by atoms with van der Waals surface area (Å²) in [6.45, 7) is 0.672. The van der Waals surface area contributed by atoms with Crippen LogP contribution in [-0.4, -0.2) is 9.97 Å². The van der Waals surface area contributed by atoms with Crippen molar-refractivity contribution < 1.29 is 4.74 Å². The molecule has 5 heteroatoms. The number of pyridine rings is 2. The van der Waals surface area contributed by atoms with Gasteiger partial charge < -0.3 is 15.0 Å². The standard InChI is InChI=1S/C21H17N3O2/c25-21-12-20(18-8-1-2-9-19(18)24-21)26-17-7-3-6-16(11-17)23-14-15-5-4-10-22-13-15/h1-13,23H,14H2,(H,24,25). The maximum absolute atomic E-state index is 11.9. The Labute approximate surface area is 150 Å². The maximum atomic E-state index is 11.9. The van der Waals surface area contributed by atoms with Crippen LogP contribution in [0.15, 0.2) is 83.9 Å². The number of aromatic nitrogens is 2. The van der Waals surface area contributed by atoms with Crippen LogP contribution in [0.4, 0.5) is 5.69 Å². The SMILES string of the molecule is O=c1cc(Oc2cccc(NCc3cccnc3)c2)c2ccccc2[nH]1. The second-order valence-corrected chi connectivity index (χ2v) is 5.89. The van der Waals surface area contributed by atoms with Crippen LogP contribution in [0.25, 0.3) is 10.9 Å². The van der Waals surface area contributed by atoms with E-state index in [4.69, 9.17) is 4.74 Å². The number of benzene rings is 2. The topological polar surface area (TPSA) is 67.0 Å². The van der Waals surface area contributed by atoms with Crippen LogP contribution in [0.5, 0.6) is 11.5 Å². The van der Waals surface area contributed by atoms with Crippen LogP contribution in [-0.2, 0) is 6.54 Å². The minimum Gasteiger partial charge on any atom is -0.456 e. The van der Waals surface area contributed by atoms with Crippen molar-refractivity contribution >= 4 is 16.6 Å². The fourth-order valence-electron chi connectivity index (χ4n) is 2.76. The molecule has 128 valence electrons. The van der Waals surface area contributed by atoms with Crippen LogP contribution in [0.3, 0.4) is 0 Å². The molecular formula is C21H17N3O2. The summed E-state index contributed by atoms with van der Waals surface area (Å²) in [4.78, 5) is 18.8. The zero-order valence-corrected chi connectivity index (χ0v) is 14.0. The average Bonchev–Trinajstić information content (AvgIpc) is 2.67. The fraction of sp³-hybridized carbons (Fsp3) is 0.0476. The summed E-state index contributed by atoms with van der Waals surface area (Å²) in [6.07, 6.45) is 3.58. The molecule has 0 amide bonds. The van der Waals surface area contributed by atoms with Gasteiger partial charge in [0, 0.05) is 42.1 Å². The van der Waals surface area contributed by atoms with Crippen molar-refractivity contribution in [1.82, 2.24) is 9.97 Å². The molecular weight excluding hydrogens is 326 g/mol. The van der Waals surface area contributed by atoms with Gasteiger partial charge in [-0.2, -0.15) is 0 Å². The predicted octanol–water partition coefficient (Wildman–Crippen LogP) is 4.33. The number of H-pyrrole nitrogens is 1. The summed E-state index contributed by atoms with van der Waals surface area (Å²) < 4.78 is 5.99. The third-order valence-corrected chi connectivity index (χ3v) is 3.99. The smallest absolute Gasteiger partial charge is 0.252 e. The summed E-state index contributed by atoms with van der Waals surface area (Å²) in [5.74, 6) is 1.20. The zero-order chi connectivity index (χ0) is 17.8. The van der Waals surface area contributed by atoms with Gasteiger partial charge in [-0.05, 0) is 35.9 Å². The van der Waals surface area contributed by atoms with Crippen molar-refractivity contribution in [3.63, 3.8) is 0 Å². The Bertz CT molecular complexity index is 1090. The Morgan fingerprint density at radius 1 is 1.00 bits per heavy atom. The van der Waals surface area contributed by atoms with Crippen molar-refractivity contribution in [2.75, 3.05) is 5.32 Å². The number of nitrogens with zero attached hydrogens (tertiary/aromatic N) is 1. The number of rotatable bonds is 5. The van der Waals surface area contributed by atoms with Gasteiger partial charge in [-0.3, -0.25) is 9.78 Å². The molecule has 0 atom stereocenters. The molecule has 4 rings (SSSR count). The summed E-state index contributed by atoms with van der Waals surface area (Å²) in [5.41, 5.74) is 2.59. The number of anilines is 1. The third kappa shape index (κ3) is 3.57. The van der Waals surface area contributed by atoms with E-state index < -0.39 is 0 Å².